The van der Waals surface area contributed by atoms with Gasteiger partial charge in [-0.2, -0.15) is 0 Å². The summed E-state index contributed by atoms with van der Waals surface area (Å²) < 4.78 is 11.1. The summed E-state index contributed by atoms with van der Waals surface area (Å²) in [4.78, 5) is 24.2. The molecule has 0 bridgehead atoms. The van der Waals surface area contributed by atoms with Gasteiger partial charge >= 0.3 is 5.97 Å². The number of hydrogen-bond donors (Lipinski definition) is 0. The summed E-state index contributed by atoms with van der Waals surface area (Å²) in [6.07, 6.45) is -0.851. The van der Waals surface area contributed by atoms with Crippen molar-refractivity contribution < 1.29 is 19.1 Å². The van der Waals surface area contributed by atoms with Crippen LogP contribution in [0.5, 0.6) is 5.75 Å². The summed E-state index contributed by atoms with van der Waals surface area (Å²) in [5, 5.41) is 0. The molecule has 114 valence electrons. The minimum Gasteiger partial charge on any atom is -0.497 e. The van der Waals surface area contributed by atoms with Gasteiger partial charge in [-0.15, -0.1) is 0 Å². The van der Waals surface area contributed by atoms with E-state index in [4.69, 9.17) is 9.47 Å². The first-order chi connectivity index (χ1) is 10.5. The van der Waals surface area contributed by atoms with Crippen LogP contribution in [0.2, 0.25) is 0 Å². The van der Waals surface area contributed by atoms with Crippen LogP contribution in [-0.4, -0.2) is 25.0 Å². The first-order valence-corrected chi connectivity index (χ1v) is 7.45. The number of carbonyl (C=O) groups excluding carboxylic acids is 2. The van der Waals surface area contributed by atoms with E-state index in [0.717, 1.165) is 4.47 Å². The maximum Gasteiger partial charge on any atom is 0.338 e. The Morgan fingerprint density at radius 3 is 2.05 bits per heavy atom. The molecule has 0 saturated heterocycles. The molecule has 5 heteroatoms. The van der Waals surface area contributed by atoms with Crippen molar-refractivity contribution in [2.75, 3.05) is 7.11 Å². The van der Waals surface area contributed by atoms with E-state index in [1.807, 2.05) is 0 Å². The maximum absolute atomic E-state index is 12.2. The second-order valence-corrected chi connectivity index (χ2v) is 5.56. The van der Waals surface area contributed by atoms with Crippen molar-refractivity contribution in [1.29, 1.82) is 0 Å². The van der Waals surface area contributed by atoms with Gasteiger partial charge in [0, 0.05) is 10.0 Å². The molecule has 0 N–H and O–H groups in total. The minimum absolute atomic E-state index is 0.241. The maximum atomic E-state index is 12.2. The fourth-order valence-electron chi connectivity index (χ4n) is 1.86. The molecule has 0 aliphatic rings. The standard InChI is InChI=1S/C17H15BrO4/c1-11(16(19)12-3-7-14(18)8-4-12)22-17(20)13-5-9-15(21-2)10-6-13/h3-11H,1-2H3/t11-/m0/s1. The van der Waals surface area contributed by atoms with Gasteiger partial charge in [0.1, 0.15) is 5.75 Å². The Kier molecular flexibility index (Phi) is 5.33. The molecule has 4 nitrogen and oxygen atoms in total. The van der Waals surface area contributed by atoms with E-state index >= 15 is 0 Å². The normalized spacial score (nSPS) is 11.6. The summed E-state index contributed by atoms with van der Waals surface area (Å²) >= 11 is 3.31. The molecule has 0 aliphatic carbocycles. The molecule has 2 aromatic carbocycles. The van der Waals surface area contributed by atoms with Crippen LogP contribution in [0.3, 0.4) is 0 Å². The fourth-order valence-corrected chi connectivity index (χ4v) is 2.12. The van der Waals surface area contributed by atoms with E-state index in [0.29, 0.717) is 16.9 Å². The van der Waals surface area contributed by atoms with Crippen LogP contribution in [-0.2, 0) is 4.74 Å². The zero-order valence-electron chi connectivity index (χ0n) is 12.2. The Morgan fingerprint density at radius 1 is 0.955 bits per heavy atom. The first-order valence-electron chi connectivity index (χ1n) is 6.66. The van der Waals surface area contributed by atoms with Crippen LogP contribution < -0.4 is 4.74 Å². The number of esters is 1. The van der Waals surface area contributed by atoms with Gasteiger partial charge in [-0.3, -0.25) is 4.79 Å². The first kappa shape index (κ1) is 16.2. The number of ketones is 1. The zero-order valence-corrected chi connectivity index (χ0v) is 13.8. The van der Waals surface area contributed by atoms with Crippen molar-refractivity contribution in [3.63, 3.8) is 0 Å². The number of rotatable bonds is 5. The lowest BCUT2D eigenvalue weighted by Crippen LogP contribution is -2.24. The van der Waals surface area contributed by atoms with E-state index in [1.54, 1.807) is 62.6 Å². The Hall–Kier alpha value is -2.14. The van der Waals surface area contributed by atoms with Crippen molar-refractivity contribution in [2.24, 2.45) is 0 Å². The van der Waals surface area contributed by atoms with E-state index in [1.165, 1.54) is 0 Å². The van der Waals surface area contributed by atoms with Crippen molar-refractivity contribution in [3.8, 4) is 5.75 Å². The van der Waals surface area contributed by atoms with Gasteiger partial charge in [0.25, 0.3) is 0 Å². The summed E-state index contributed by atoms with van der Waals surface area (Å²) in [5.41, 5.74) is 0.870. The van der Waals surface area contributed by atoms with Gasteiger partial charge in [0.15, 0.2) is 6.10 Å². The van der Waals surface area contributed by atoms with Crippen LogP contribution in [0, 0.1) is 0 Å². The Labute approximate surface area is 137 Å². The molecule has 0 aromatic heterocycles. The number of carbonyl (C=O) groups is 2. The molecule has 2 aromatic rings. The van der Waals surface area contributed by atoms with Gasteiger partial charge in [0.05, 0.1) is 12.7 Å². The lowest BCUT2D eigenvalue weighted by Gasteiger charge is -2.12. The molecule has 1 atom stereocenters. The largest absolute Gasteiger partial charge is 0.497 e. The molecule has 0 fully saturated rings. The zero-order chi connectivity index (χ0) is 16.1. The fraction of sp³-hybridized carbons (Fsp3) is 0.176. The van der Waals surface area contributed by atoms with Crippen LogP contribution >= 0.6 is 15.9 Å². The van der Waals surface area contributed by atoms with E-state index in [9.17, 15) is 9.59 Å². The molecule has 0 unspecified atom stereocenters. The third-order valence-corrected chi connectivity index (χ3v) is 3.64. The average molecular weight is 363 g/mol. The average Bonchev–Trinajstić information content (AvgIpc) is 2.54. The topological polar surface area (TPSA) is 52.6 Å². The third kappa shape index (κ3) is 3.95. The molecule has 0 spiro atoms. The highest BCUT2D eigenvalue weighted by Gasteiger charge is 2.20. The Balaban J connectivity index is 2.03. The van der Waals surface area contributed by atoms with Crippen molar-refractivity contribution in [2.45, 2.75) is 13.0 Å². The SMILES string of the molecule is COc1ccc(C(=O)O[C@@H](C)C(=O)c2ccc(Br)cc2)cc1. The molecular formula is C17H15BrO4. The van der Waals surface area contributed by atoms with Crippen molar-refractivity contribution in [3.05, 3.63) is 64.1 Å². The number of Topliss-reactive ketones (excluding diaryl/α,β-unsaturated/α-hetero) is 1. The predicted octanol–water partition coefficient (Wildman–Crippen LogP) is 3.89. The second-order valence-electron chi connectivity index (χ2n) is 4.65. The quantitative estimate of drug-likeness (QED) is 0.598. The number of benzene rings is 2. The second kappa shape index (κ2) is 7.22. The summed E-state index contributed by atoms with van der Waals surface area (Å²) in [5.74, 6) is -0.134. The smallest absolute Gasteiger partial charge is 0.338 e. The summed E-state index contributed by atoms with van der Waals surface area (Å²) in [6, 6.07) is 13.4. The highest BCUT2D eigenvalue weighted by Crippen LogP contribution is 2.15. The van der Waals surface area contributed by atoms with Crippen molar-refractivity contribution in [1.82, 2.24) is 0 Å². The van der Waals surface area contributed by atoms with Crippen LogP contribution in [0.1, 0.15) is 27.6 Å². The Bertz CT molecular complexity index is 662. The van der Waals surface area contributed by atoms with Crippen molar-refractivity contribution >= 4 is 27.7 Å². The highest BCUT2D eigenvalue weighted by molar-refractivity contribution is 9.10. The summed E-state index contributed by atoms with van der Waals surface area (Å²) in [6.45, 7) is 1.56. The van der Waals surface area contributed by atoms with Gasteiger partial charge < -0.3 is 9.47 Å². The number of ether oxygens (including phenoxy) is 2. The van der Waals surface area contributed by atoms with Gasteiger partial charge in [-0.25, -0.2) is 4.79 Å². The van der Waals surface area contributed by atoms with Gasteiger partial charge in [-0.05, 0) is 43.3 Å². The van der Waals surface area contributed by atoms with Crippen LogP contribution in [0.4, 0.5) is 0 Å². The van der Waals surface area contributed by atoms with Gasteiger partial charge in [0.2, 0.25) is 5.78 Å². The number of methoxy groups -OCH3 is 1. The lowest BCUT2D eigenvalue weighted by molar-refractivity contribution is 0.0319. The number of hydrogen-bond acceptors (Lipinski definition) is 4. The molecular weight excluding hydrogens is 348 g/mol. The molecule has 22 heavy (non-hydrogen) atoms. The highest BCUT2D eigenvalue weighted by atomic mass is 79.9. The predicted molar refractivity (Wildman–Crippen MR) is 86.3 cm³/mol. The van der Waals surface area contributed by atoms with E-state index in [-0.39, 0.29) is 5.78 Å². The third-order valence-electron chi connectivity index (χ3n) is 3.11. The van der Waals surface area contributed by atoms with E-state index in [2.05, 4.69) is 15.9 Å². The van der Waals surface area contributed by atoms with Crippen LogP contribution in [0.25, 0.3) is 0 Å². The molecule has 0 saturated carbocycles. The van der Waals surface area contributed by atoms with Crippen LogP contribution in [0.15, 0.2) is 53.0 Å². The Morgan fingerprint density at radius 2 is 1.50 bits per heavy atom. The molecule has 0 aliphatic heterocycles. The minimum atomic E-state index is -0.851. The molecule has 0 radical (unpaired) electrons. The van der Waals surface area contributed by atoms with E-state index < -0.39 is 12.1 Å². The lowest BCUT2D eigenvalue weighted by atomic mass is 10.1. The molecule has 2 rings (SSSR count). The molecule has 0 heterocycles. The summed E-state index contributed by atoms with van der Waals surface area (Å²) in [7, 11) is 1.55. The number of halogens is 1. The van der Waals surface area contributed by atoms with Gasteiger partial charge in [-0.1, -0.05) is 28.1 Å². The monoisotopic (exact) mass is 362 g/mol. The molecule has 0 amide bonds.